The molecule has 0 aliphatic rings. The Bertz CT molecular complexity index is 1090. The Labute approximate surface area is 203 Å². The van der Waals surface area contributed by atoms with Crippen molar-refractivity contribution in [2.75, 3.05) is 13.2 Å². The Morgan fingerprint density at radius 2 is 1.39 bits per heavy atom. The molecule has 0 aliphatic carbocycles. The third-order valence-electron chi connectivity index (χ3n) is 5.53. The van der Waals surface area contributed by atoms with Gasteiger partial charge in [-0.05, 0) is 28.8 Å². The third kappa shape index (κ3) is 7.32. The molecule has 3 aromatic rings. The average Bonchev–Trinajstić information content (AvgIpc) is 2.82. The maximum atomic E-state index is 13.5. The number of carboxylic acids is 1. The van der Waals surface area contributed by atoms with E-state index in [1.165, 1.54) is 0 Å². The minimum absolute atomic E-state index is 0.0651. The van der Waals surface area contributed by atoms with Gasteiger partial charge in [-0.3, -0.25) is 4.79 Å². The minimum atomic E-state index is -5.02. The number of carbonyl (C=O) groups is 1. The number of carboxylic acid groups (broad SMARTS) is 1. The molecule has 0 radical (unpaired) electrons. The first-order chi connectivity index (χ1) is 17.0. The lowest BCUT2D eigenvalue weighted by molar-refractivity contribution is -0.144. The van der Waals surface area contributed by atoms with E-state index in [-0.39, 0.29) is 12.7 Å². The first-order valence-corrected chi connectivity index (χ1v) is 10.9. The predicted molar refractivity (Wildman–Crippen MR) is 120 cm³/mol. The summed E-state index contributed by atoms with van der Waals surface area (Å²) in [5, 5.41) is 12.1. The lowest BCUT2D eigenvalue weighted by Crippen LogP contribution is -2.42. The van der Waals surface area contributed by atoms with E-state index in [0.717, 1.165) is 17.2 Å². The molecule has 0 aromatic heterocycles. The molecule has 1 unspecified atom stereocenters. The quantitative estimate of drug-likeness (QED) is 0.322. The number of hydrogen-bond donors (Lipinski definition) is 2. The number of hydrogen-bond acceptors (Lipinski definition) is 3. The number of halogens is 6. The van der Waals surface area contributed by atoms with Crippen LogP contribution in [0.15, 0.2) is 78.9 Å². The Kier molecular flexibility index (Phi) is 8.75. The molecule has 2 N–H and O–H groups in total. The van der Waals surface area contributed by atoms with Crippen LogP contribution in [0.25, 0.3) is 0 Å². The van der Waals surface area contributed by atoms with Crippen LogP contribution in [-0.4, -0.2) is 30.3 Å². The summed E-state index contributed by atoms with van der Waals surface area (Å²) in [5.74, 6) is -1.55. The summed E-state index contributed by atoms with van der Waals surface area (Å²) in [7, 11) is 0. The summed E-state index contributed by atoms with van der Waals surface area (Å²) < 4.78 is 84.9. The Morgan fingerprint density at radius 1 is 0.833 bits per heavy atom. The standard InChI is InChI=1S/C26H23F6NO3/c27-25(28,29)20-12-11-19(21(13-20)26(30,31)32)15-36-16-22(33-14-23(34)35)24(17-7-3-1-4-8-17)18-9-5-2-6-10-18/h1-13,22,24,33H,14-16H2,(H,34,35). The van der Waals surface area contributed by atoms with Crippen LogP contribution in [0.3, 0.4) is 0 Å². The molecule has 0 amide bonds. The van der Waals surface area contributed by atoms with E-state index in [1.54, 1.807) is 24.3 Å². The SMILES string of the molecule is O=C(O)CNC(COCc1ccc(C(F)(F)F)cc1C(F)(F)F)C(c1ccccc1)c1ccccc1. The van der Waals surface area contributed by atoms with E-state index in [2.05, 4.69) is 5.32 Å². The molecule has 10 heteroatoms. The van der Waals surface area contributed by atoms with Crippen LogP contribution < -0.4 is 5.32 Å². The molecule has 0 fully saturated rings. The Morgan fingerprint density at radius 3 is 1.86 bits per heavy atom. The molecule has 0 heterocycles. The van der Waals surface area contributed by atoms with Crippen molar-refractivity contribution in [1.82, 2.24) is 5.32 Å². The van der Waals surface area contributed by atoms with Crippen LogP contribution in [0.2, 0.25) is 0 Å². The highest BCUT2D eigenvalue weighted by Crippen LogP contribution is 2.37. The molecular formula is C26H23F6NO3. The van der Waals surface area contributed by atoms with Gasteiger partial charge in [0.15, 0.2) is 0 Å². The average molecular weight is 511 g/mol. The summed E-state index contributed by atoms with van der Waals surface area (Å²) in [6, 6.07) is 18.9. The van der Waals surface area contributed by atoms with Gasteiger partial charge in [-0.15, -0.1) is 0 Å². The van der Waals surface area contributed by atoms with E-state index >= 15 is 0 Å². The molecule has 3 rings (SSSR count). The van der Waals surface area contributed by atoms with Crippen molar-refractivity contribution in [3.63, 3.8) is 0 Å². The minimum Gasteiger partial charge on any atom is -0.480 e. The van der Waals surface area contributed by atoms with Crippen LogP contribution >= 0.6 is 0 Å². The molecule has 4 nitrogen and oxygen atoms in total. The van der Waals surface area contributed by atoms with E-state index in [1.807, 2.05) is 36.4 Å². The van der Waals surface area contributed by atoms with Crippen LogP contribution in [0.5, 0.6) is 0 Å². The first-order valence-electron chi connectivity index (χ1n) is 10.9. The molecule has 0 saturated carbocycles. The van der Waals surface area contributed by atoms with Crippen molar-refractivity contribution in [1.29, 1.82) is 0 Å². The monoisotopic (exact) mass is 511 g/mol. The summed E-state index contributed by atoms with van der Waals surface area (Å²) in [4.78, 5) is 11.2. The zero-order chi connectivity index (χ0) is 26.3. The number of ether oxygens (including phenoxy) is 1. The number of benzene rings is 3. The predicted octanol–water partition coefficient (Wildman–Crippen LogP) is 6.12. The lowest BCUT2D eigenvalue weighted by atomic mass is 9.85. The summed E-state index contributed by atoms with van der Waals surface area (Å²) in [6.45, 7) is -1.26. The number of aliphatic carboxylic acids is 1. The zero-order valence-electron chi connectivity index (χ0n) is 18.8. The maximum absolute atomic E-state index is 13.5. The normalized spacial score (nSPS) is 13.1. The molecule has 192 valence electrons. The fraction of sp³-hybridized carbons (Fsp3) is 0.269. The van der Waals surface area contributed by atoms with Gasteiger partial charge in [0.2, 0.25) is 0 Å². The molecular weight excluding hydrogens is 488 g/mol. The van der Waals surface area contributed by atoms with Gasteiger partial charge in [-0.1, -0.05) is 66.7 Å². The van der Waals surface area contributed by atoms with Gasteiger partial charge in [-0.2, -0.15) is 26.3 Å². The van der Waals surface area contributed by atoms with Crippen molar-refractivity contribution >= 4 is 5.97 Å². The zero-order valence-corrected chi connectivity index (χ0v) is 18.8. The van der Waals surface area contributed by atoms with E-state index < -0.39 is 60.1 Å². The Balaban J connectivity index is 1.88. The second-order valence-electron chi connectivity index (χ2n) is 8.06. The molecule has 36 heavy (non-hydrogen) atoms. The van der Waals surface area contributed by atoms with Crippen molar-refractivity contribution in [3.8, 4) is 0 Å². The van der Waals surface area contributed by atoms with Crippen LogP contribution in [0, 0.1) is 0 Å². The van der Waals surface area contributed by atoms with Crippen molar-refractivity contribution in [2.24, 2.45) is 0 Å². The fourth-order valence-corrected chi connectivity index (χ4v) is 3.91. The lowest BCUT2D eigenvalue weighted by Gasteiger charge is -2.29. The number of rotatable bonds is 10. The van der Waals surface area contributed by atoms with Crippen molar-refractivity contribution < 1.29 is 41.0 Å². The number of alkyl halides is 6. The van der Waals surface area contributed by atoms with E-state index in [0.29, 0.717) is 6.07 Å². The van der Waals surface area contributed by atoms with Crippen molar-refractivity contribution in [3.05, 3.63) is 107 Å². The molecule has 0 aliphatic heterocycles. The van der Waals surface area contributed by atoms with E-state index in [4.69, 9.17) is 4.74 Å². The van der Waals surface area contributed by atoms with Gasteiger partial charge in [0.05, 0.1) is 30.9 Å². The summed E-state index contributed by atoms with van der Waals surface area (Å²) in [6.07, 6.45) is -9.94. The molecule has 1 atom stereocenters. The molecule has 0 bridgehead atoms. The van der Waals surface area contributed by atoms with Crippen molar-refractivity contribution in [2.45, 2.75) is 30.9 Å². The second kappa shape index (κ2) is 11.6. The van der Waals surface area contributed by atoms with Gasteiger partial charge in [0.1, 0.15) is 0 Å². The largest absolute Gasteiger partial charge is 0.480 e. The van der Waals surface area contributed by atoms with Crippen LogP contribution in [-0.2, 0) is 28.5 Å². The topological polar surface area (TPSA) is 58.6 Å². The highest BCUT2D eigenvalue weighted by atomic mass is 19.4. The highest BCUT2D eigenvalue weighted by molar-refractivity contribution is 5.69. The van der Waals surface area contributed by atoms with Crippen LogP contribution in [0.4, 0.5) is 26.3 Å². The molecule has 0 spiro atoms. The summed E-state index contributed by atoms with van der Waals surface area (Å²) >= 11 is 0. The van der Waals surface area contributed by atoms with Crippen LogP contribution in [0.1, 0.15) is 33.7 Å². The van der Waals surface area contributed by atoms with E-state index in [9.17, 15) is 36.2 Å². The van der Waals surface area contributed by atoms with Gasteiger partial charge in [-0.25, -0.2) is 0 Å². The first kappa shape index (κ1) is 27.2. The molecule has 0 saturated heterocycles. The number of nitrogens with one attached hydrogen (secondary N) is 1. The summed E-state index contributed by atoms with van der Waals surface area (Å²) in [5.41, 5.74) is -1.66. The van der Waals surface area contributed by atoms with Gasteiger partial charge >= 0.3 is 18.3 Å². The smallest absolute Gasteiger partial charge is 0.416 e. The highest BCUT2D eigenvalue weighted by Gasteiger charge is 2.38. The fourth-order valence-electron chi connectivity index (χ4n) is 3.91. The van der Waals surface area contributed by atoms with Gasteiger partial charge in [0, 0.05) is 12.0 Å². The van der Waals surface area contributed by atoms with Gasteiger partial charge < -0.3 is 15.2 Å². The third-order valence-corrected chi connectivity index (χ3v) is 5.53. The Hall–Kier alpha value is -3.37. The maximum Gasteiger partial charge on any atom is 0.416 e. The second-order valence-corrected chi connectivity index (χ2v) is 8.06. The molecule has 3 aromatic carbocycles. The van der Waals surface area contributed by atoms with Gasteiger partial charge in [0.25, 0.3) is 0 Å².